The van der Waals surface area contributed by atoms with E-state index in [2.05, 4.69) is 10.6 Å². The molecule has 0 aromatic heterocycles. The van der Waals surface area contributed by atoms with Gasteiger partial charge in [-0.1, -0.05) is 12.1 Å². The maximum Gasteiger partial charge on any atom is 0.309 e. The van der Waals surface area contributed by atoms with Crippen LogP contribution in [0.15, 0.2) is 24.3 Å². The zero-order chi connectivity index (χ0) is 13.1. The van der Waals surface area contributed by atoms with Gasteiger partial charge in [-0.3, -0.25) is 9.59 Å². The van der Waals surface area contributed by atoms with Gasteiger partial charge in [0.25, 0.3) is 0 Å². The molecule has 1 saturated heterocycles. The smallest absolute Gasteiger partial charge is 0.309 e. The largest absolute Gasteiger partial charge is 0.491 e. The molecule has 0 aliphatic carbocycles. The zero-order valence-corrected chi connectivity index (χ0v) is 10.4. The van der Waals surface area contributed by atoms with E-state index in [0.717, 1.165) is 11.3 Å². The van der Waals surface area contributed by atoms with E-state index in [9.17, 15) is 9.59 Å². The highest BCUT2D eigenvalue weighted by Crippen LogP contribution is 2.19. The van der Waals surface area contributed by atoms with E-state index in [1.807, 2.05) is 38.1 Å². The number of nitrogens with one attached hydrogen (secondary N) is 2. The quantitative estimate of drug-likeness (QED) is 0.776. The topological polar surface area (TPSA) is 67.4 Å². The summed E-state index contributed by atoms with van der Waals surface area (Å²) in [6.45, 7) is 4.34. The SMILES string of the molecule is CC(C)Oc1ccc(C2CNC(=O)C(=O)N2)cc1. The summed E-state index contributed by atoms with van der Waals surface area (Å²) in [6.07, 6.45) is 0.129. The molecule has 0 spiro atoms. The van der Waals surface area contributed by atoms with Crippen LogP contribution in [-0.4, -0.2) is 24.5 Å². The van der Waals surface area contributed by atoms with Gasteiger partial charge in [0.05, 0.1) is 12.1 Å². The molecule has 5 heteroatoms. The Balaban J connectivity index is 2.05. The van der Waals surface area contributed by atoms with Gasteiger partial charge >= 0.3 is 11.8 Å². The molecule has 2 amide bonds. The average molecular weight is 248 g/mol. The first kappa shape index (κ1) is 12.4. The lowest BCUT2D eigenvalue weighted by Crippen LogP contribution is -2.51. The van der Waals surface area contributed by atoms with Gasteiger partial charge in [-0.2, -0.15) is 0 Å². The van der Waals surface area contributed by atoms with Gasteiger partial charge in [0.1, 0.15) is 5.75 Å². The molecule has 0 saturated carbocycles. The Morgan fingerprint density at radius 3 is 2.39 bits per heavy atom. The lowest BCUT2D eigenvalue weighted by molar-refractivity contribution is -0.141. The number of carbonyl (C=O) groups is 2. The molecule has 1 aromatic rings. The van der Waals surface area contributed by atoms with Crippen molar-refractivity contribution in [3.63, 3.8) is 0 Å². The molecule has 1 unspecified atom stereocenters. The van der Waals surface area contributed by atoms with Crippen LogP contribution in [0.5, 0.6) is 5.75 Å². The predicted octanol–water partition coefficient (Wildman–Crippen LogP) is 0.761. The summed E-state index contributed by atoms with van der Waals surface area (Å²) >= 11 is 0. The first-order chi connectivity index (χ1) is 8.56. The summed E-state index contributed by atoms with van der Waals surface area (Å²) in [5.74, 6) is -0.375. The predicted molar refractivity (Wildman–Crippen MR) is 66.1 cm³/mol. The third-order valence-electron chi connectivity index (χ3n) is 2.63. The van der Waals surface area contributed by atoms with Crippen LogP contribution in [-0.2, 0) is 9.59 Å². The van der Waals surface area contributed by atoms with Crippen LogP contribution >= 0.6 is 0 Å². The number of hydrogen-bond acceptors (Lipinski definition) is 3. The van der Waals surface area contributed by atoms with Crippen LogP contribution in [0.2, 0.25) is 0 Å². The van der Waals surface area contributed by atoms with Gasteiger partial charge < -0.3 is 15.4 Å². The number of piperazine rings is 1. The molecular weight excluding hydrogens is 232 g/mol. The monoisotopic (exact) mass is 248 g/mol. The molecule has 5 nitrogen and oxygen atoms in total. The molecule has 0 bridgehead atoms. The molecule has 1 fully saturated rings. The van der Waals surface area contributed by atoms with Crippen molar-refractivity contribution in [1.82, 2.24) is 10.6 Å². The highest BCUT2D eigenvalue weighted by Gasteiger charge is 2.25. The number of ether oxygens (including phenoxy) is 1. The normalized spacial score (nSPS) is 19.4. The standard InChI is InChI=1S/C13H16N2O3/c1-8(2)18-10-5-3-9(4-6-10)11-7-14-12(16)13(17)15-11/h3-6,8,11H,7H2,1-2H3,(H,14,16)(H,15,17). The van der Waals surface area contributed by atoms with Crippen LogP contribution < -0.4 is 15.4 Å². The van der Waals surface area contributed by atoms with Crippen LogP contribution in [0.25, 0.3) is 0 Å². The summed E-state index contributed by atoms with van der Waals surface area (Å²) in [7, 11) is 0. The number of amides is 2. The third-order valence-corrected chi connectivity index (χ3v) is 2.63. The van der Waals surface area contributed by atoms with Crippen molar-refractivity contribution in [2.45, 2.75) is 26.0 Å². The number of hydrogen-bond donors (Lipinski definition) is 2. The molecule has 18 heavy (non-hydrogen) atoms. The van der Waals surface area contributed by atoms with E-state index < -0.39 is 11.8 Å². The van der Waals surface area contributed by atoms with Crippen LogP contribution in [0.4, 0.5) is 0 Å². The average Bonchev–Trinajstić information content (AvgIpc) is 2.33. The Labute approximate surface area is 106 Å². The summed E-state index contributed by atoms with van der Waals surface area (Å²) in [4.78, 5) is 22.2. The second-order valence-corrected chi connectivity index (χ2v) is 4.47. The molecule has 96 valence electrons. The maximum atomic E-state index is 11.2. The minimum Gasteiger partial charge on any atom is -0.491 e. The summed E-state index contributed by atoms with van der Waals surface area (Å²) < 4.78 is 5.54. The van der Waals surface area contributed by atoms with Gasteiger partial charge in [-0.25, -0.2) is 0 Å². The minimum absolute atomic E-state index is 0.129. The highest BCUT2D eigenvalue weighted by atomic mass is 16.5. The Morgan fingerprint density at radius 1 is 1.17 bits per heavy atom. The molecular formula is C13H16N2O3. The fourth-order valence-electron chi connectivity index (χ4n) is 1.80. The van der Waals surface area contributed by atoms with E-state index in [1.54, 1.807) is 0 Å². The number of rotatable bonds is 3. The van der Waals surface area contributed by atoms with Crippen molar-refractivity contribution in [3.05, 3.63) is 29.8 Å². The van der Waals surface area contributed by atoms with Crippen molar-refractivity contribution in [2.75, 3.05) is 6.54 Å². The van der Waals surface area contributed by atoms with Crippen molar-refractivity contribution in [2.24, 2.45) is 0 Å². The zero-order valence-electron chi connectivity index (χ0n) is 10.4. The number of benzene rings is 1. The van der Waals surface area contributed by atoms with Crippen molar-refractivity contribution in [3.8, 4) is 5.75 Å². The summed E-state index contributed by atoms with van der Waals surface area (Å²) in [5.41, 5.74) is 0.944. The lowest BCUT2D eigenvalue weighted by Gasteiger charge is -2.24. The second-order valence-electron chi connectivity index (χ2n) is 4.47. The molecule has 1 heterocycles. The van der Waals surface area contributed by atoms with E-state index in [1.165, 1.54) is 0 Å². The van der Waals surface area contributed by atoms with Crippen molar-refractivity contribution in [1.29, 1.82) is 0 Å². The fraction of sp³-hybridized carbons (Fsp3) is 0.385. The first-order valence-corrected chi connectivity index (χ1v) is 5.91. The van der Waals surface area contributed by atoms with E-state index in [-0.39, 0.29) is 12.1 Å². The number of carbonyl (C=O) groups excluding carboxylic acids is 2. The van der Waals surface area contributed by atoms with Gasteiger partial charge in [0.2, 0.25) is 0 Å². The molecule has 1 aliphatic heterocycles. The second kappa shape index (κ2) is 5.08. The van der Waals surface area contributed by atoms with E-state index in [4.69, 9.17) is 4.74 Å². The highest BCUT2D eigenvalue weighted by molar-refractivity contribution is 6.35. The Hall–Kier alpha value is -2.04. The van der Waals surface area contributed by atoms with Gasteiger partial charge in [0.15, 0.2) is 0 Å². The molecule has 2 N–H and O–H groups in total. The molecule has 1 aliphatic rings. The summed E-state index contributed by atoms with van der Waals surface area (Å²) in [5, 5.41) is 5.20. The van der Waals surface area contributed by atoms with E-state index in [0.29, 0.717) is 6.54 Å². The van der Waals surface area contributed by atoms with E-state index >= 15 is 0 Å². The van der Waals surface area contributed by atoms with Gasteiger partial charge in [0, 0.05) is 6.54 Å². The fourth-order valence-corrected chi connectivity index (χ4v) is 1.80. The lowest BCUT2D eigenvalue weighted by atomic mass is 10.1. The Morgan fingerprint density at radius 2 is 1.83 bits per heavy atom. The van der Waals surface area contributed by atoms with Gasteiger partial charge in [-0.05, 0) is 31.5 Å². The molecule has 1 aromatic carbocycles. The first-order valence-electron chi connectivity index (χ1n) is 5.91. The van der Waals surface area contributed by atoms with Crippen molar-refractivity contribution < 1.29 is 14.3 Å². The maximum absolute atomic E-state index is 11.2. The minimum atomic E-state index is -0.589. The third kappa shape index (κ3) is 2.80. The van der Waals surface area contributed by atoms with Crippen LogP contribution in [0.3, 0.4) is 0 Å². The van der Waals surface area contributed by atoms with Crippen molar-refractivity contribution >= 4 is 11.8 Å². The van der Waals surface area contributed by atoms with Gasteiger partial charge in [-0.15, -0.1) is 0 Å². The molecule has 1 atom stereocenters. The Kier molecular flexibility index (Phi) is 3.50. The van der Waals surface area contributed by atoms with Crippen LogP contribution in [0.1, 0.15) is 25.5 Å². The van der Waals surface area contributed by atoms with Crippen LogP contribution in [0, 0.1) is 0 Å². The molecule has 2 rings (SSSR count). The summed E-state index contributed by atoms with van der Waals surface area (Å²) in [6, 6.07) is 7.32. The Bertz CT molecular complexity index is 454. The molecule has 0 radical (unpaired) electrons.